The molecule has 224 valence electrons. The first kappa shape index (κ1) is 32.4. The van der Waals surface area contributed by atoms with E-state index in [4.69, 9.17) is 10.8 Å². The van der Waals surface area contributed by atoms with E-state index in [1.54, 1.807) is 25.1 Å². The fraction of sp³-hybridized carbons (Fsp3) is 0.516. The molecular weight excluding hydrogens is 536 g/mol. The van der Waals surface area contributed by atoms with Gasteiger partial charge in [-0.1, -0.05) is 39.8 Å². The van der Waals surface area contributed by atoms with Gasteiger partial charge in [-0.05, 0) is 61.6 Å². The molecule has 0 spiro atoms. The van der Waals surface area contributed by atoms with Gasteiger partial charge < -0.3 is 20.4 Å². The highest BCUT2D eigenvalue weighted by Gasteiger charge is 2.27. The minimum atomic E-state index is -0.625. The molecule has 0 bridgehead atoms. The smallest absolute Gasteiger partial charge is 0.287 e. The van der Waals surface area contributed by atoms with Crippen LogP contribution < -0.4 is 10.2 Å². The molecule has 9 nitrogen and oxygen atoms in total. The molecule has 1 saturated heterocycles. The second kappa shape index (κ2) is 14.2. The van der Waals surface area contributed by atoms with Crippen molar-refractivity contribution in [1.82, 2.24) is 15.1 Å². The van der Waals surface area contributed by atoms with Gasteiger partial charge in [-0.25, -0.2) is 0 Å². The number of amidine groups is 2. The molecular formula is C31H46N6O3S. The number of anilines is 1. The summed E-state index contributed by atoms with van der Waals surface area (Å²) in [6.07, 6.45) is 2.25. The van der Waals surface area contributed by atoms with Crippen molar-refractivity contribution in [1.29, 1.82) is 10.8 Å². The molecule has 41 heavy (non-hydrogen) atoms. The second-order valence-electron chi connectivity index (χ2n) is 11.7. The van der Waals surface area contributed by atoms with E-state index in [9.17, 15) is 15.0 Å². The number of rotatable bonds is 10. The number of benzene rings is 2. The van der Waals surface area contributed by atoms with Crippen molar-refractivity contribution < 1.29 is 15.0 Å². The summed E-state index contributed by atoms with van der Waals surface area (Å²) in [6.45, 7) is 16.2. The van der Waals surface area contributed by atoms with Gasteiger partial charge in [0.2, 0.25) is 0 Å². The molecule has 1 amide bonds. The number of likely N-dealkylation sites (N-methyl/N-ethyl adjacent to an activating group) is 1. The molecule has 1 aliphatic heterocycles. The first-order valence-electron chi connectivity index (χ1n) is 14.4. The van der Waals surface area contributed by atoms with E-state index in [-0.39, 0.29) is 33.6 Å². The van der Waals surface area contributed by atoms with Gasteiger partial charge in [-0.2, -0.15) is 12.6 Å². The number of phenols is 2. The van der Waals surface area contributed by atoms with Crippen molar-refractivity contribution in [3.8, 4) is 11.5 Å². The summed E-state index contributed by atoms with van der Waals surface area (Å²) in [6, 6.07) is 10.3. The third-order valence-corrected chi connectivity index (χ3v) is 7.57. The highest BCUT2D eigenvalue weighted by Crippen LogP contribution is 2.34. The first-order valence-corrected chi connectivity index (χ1v) is 14.8. The van der Waals surface area contributed by atoms with Crippen molar-refractivity contribution in [3.63, 3.8) is 0 Å². The average molecular weight is 583 g/mol. The summed E-state index contributed by atoms with van der Waals surface area (Å²) in [5.41, 5.74) is 2.25. The number of amides is 1. The van der Waals surface area contributed by atoms with Gasteiger partial charge >= 0.3 is 0 Å². The molecule has 3 rings (SSSR count). The Morgan fingerprint density at radius 1 is 1.05 bits per heavy atom. The fourth-order valence-corrected chi connectivity index (χ4v) is 5.16. The predicted octanol–water partition coefficient (Wildman–Crippen LogP) is 4.77. The Bertz CT molecular complexity index is 1220. The highest BCUT2D eigenvalue weighted by molar-refractivity contribution is 7.81. The lowest BCUT2D eigenvalue weighted by atomic mass is 9.98. The van der Waals surface area contributed by atoms with Gasteiger partial charge in [0.1, 0.15) is 17.3 Å². The topological polar surface area (TPSA) is 127 Å². The Morgan fingerprint density at radius 2 is 1.66 bits per heavy atom. The molecule has 0 aromatic heterocycles. The van der Waals surface area contributed by atoms with Gasteiger partial charge in [0.25, 0.3) is 5.91 Å². The number of nitrogens with one attached hydrogen (secondary N) is 3. The van der Waals surface area contributed by atoms with E-state index >= 15 is 0 Å². The number of hydrogen-bond acceptors (Lipinski definition) is 8. The quantitative estimate of drug-likeness (QED) is 0.136. The number of aromatic hydroxyl groups is 2. The summed E-state index contributed by atoms with van der Waals surface area (Å²) >= 11 is 4.63. The maximum Gasteiger partial charge on any atom is 0.287 e. The van der Waals surface area contributed by atoms with Crippen LogP contribution in [0.4, 0.5) is 5.69 Å². The number of hydrogen-bond donors (Lipinski definition) is 6. The number of piperazine rings is 1. The molecule has 0 saturated carbocycles. The summed E-state index contributed by atoms with van der Waals surface area (Å²) in [5, 5.41) is 41.1. The zero-order valence-electron chi connectivity index (χ0n) is 25.0. The predicted molar refractivity (Wildman–Crippen MR) is 170 cm³/mol. The Morgan fingerprint density at radius 3 is 2.22 bits per heavy atom. The zero-order chi connectivity index (χ0) is 30.3. The zero-order valence-corrected chi connectivity index (χ0v) is 25.9. The summed E-state index contributed by atoms with van der Waals surface area (Å²) < 4.78 is 0.0712. The van der Waals surface area contributed by atoms with Crippen LogP contribution in [0.2, 0.25) is 0 Å². The normalized spacial score (nSPS) is 14.7. The van der Waals surface area contributed by atoms with Gasteiger partial charge in [-0.15, -0.1) is 0 Å². The number of phenolic OH excluding ortho intramolecular Hbond substituents is 2. The van der Waals surface area contributed by atoms with E-state index in [0.29, 0.717) is 17.8 Å². The molecule has 0 radical (unpaired) electrons. The number of thiol groups is 1. The van der Waals surface area contributed by atoms with E-state index in [1.807, 2.05) is 26.0 Å². The van der Waals surface area contributed by atoms with Gasteiger partial charge in [0.05, 0.1) is 5.56 Å². The van der Waals surface area contributed by atoms with E-state index in [0.717, 1.165) is 57.7 Å². The minimum Gasteiger partial charge on any atom is -0.508 e. The van der Waals surface area contributed by atoms with E-state index in [1.165, 1.54) is 11.0 Å². The number of carbonyl (C=O) groups excluding carboxylic acids is 1. The molecule has 2 aromatic carbocycles. The van der Waals surface area contributed by atoms with Crippen LogP contribution in [0.15, 0.2) is 36.4 Å². The minimum absolute atomic E-state index is 0.0558. The van der Waals surface area contributed by atoms with Crippen LogP contribution in [-0.2, 0) is 11.3 Å². The third kappa shape index (κ3) is 8.95. The fourth-order valence-electron chi connectivity index (χ4n) is 5.00. The average Bonchev–Trinajstić information content (AvgIpc) is 2.90. The lowest BCUT2D eigenvalue weighted by Gasteiger charge is -2.35. The van der Waals surface area contributed by atoms with Crippen LogP contribution in [0, 0.1) is 10.8 Å². The number of nitrogens with zero attached hydrogens (tertiary/aromatic N) is 3. The van der Waals surface area contributed by atoms with Crippen molar-refractivity contribution >= 4 is 35.9 Å². The third-order valence-electron chi connectivity index (χ3n) is 7.35. The van der Waals surface area contributed by atoms with Crippen LogP contribution in [0.1, 0.15) is 70.1 Å². The standard InChI is InChI=1S/C31H46N6O3S/c1-6-34-30(40)29(33)37(28(32)25-18-24(21(2)3)26(38)19-27(25)39)23-10-8-22(9-11-23)20-36-16-14-35(15-17-36)13-7-12-31(4,5)41/h8-11,18-19,21,32-33,38-39,41H,6-7,12-17,20H2,1-5H3,(H,34,40). The van der Waals surface area contributed by atoms with Crippen LogP contribution >= 0.6 is 12.6 Å². The molecule has 0 atom stereocenters. The van der Waals surface area contributed by atoms with Crippen molar-refractivity contribution in [3.05, 3.63) is 53.1 Å². The van der Waals surface area contributed by atoms with Crippen LogP contribution in [0.25, 0.3) is 0 Å². The highest BCUT2D eigenvalue weighted by atomic mass is 32.1. The molecule has 10 heteroatoms. The summed E-state index contributed by atoms with van der Waals surface area (Å²) in [7, 11) is 0. The van der Waals surface area contributed by atoms with Gasteiger partial charge in [0, 0.05) is 55.8 Å². The Balaban J connectivity index is 1.75. The second-order valence-corrected chi connectivity index (χ2v) is 12.9. The number of carbonyl (C=O) groups is 1. The Hall–Kier alpha value is -3.08. The van der Waals surface area contributed by atoms with E-state index in [2.05, 4.69) is 41.6 Å². The van der Waals surface area contributed by atoms with E-state index < -0.39 is 11.7 Å². The van der Waals surface area contributed by atoms with Crippen molar-refractivity contribution in [2.24, 2.45) is 0 Å². The van der Waals surface area contributed by atoms with Crippen LogP contribution in [-0.4, -0.2) is 81.6 Å². The van der Waals surface area contributed by atoms with Crippen LogP contribution in [0.5, 0.6) is 11.5 Å². The molecule has 5 N–H and O–H groups in total. The largest absolute Gasteiger partial charge is 0.508 e. The van der Waals surface area contributed by atoms with Crippen molar-refractivity contribution in [2.75, 3.05) is 44.2 Å². The maximum absolute atomic E-state index is 12.7. The van der Waals surface area contributed by atoms with Gasteiger partial charge in [-0.3, -0.25) is 25.4 Å². The SMILES string of the molecule is CCNC(=O)C(=N)N(C(=N)c1cc(C(C)C)c(O)cc1O)c1ccc(CN2CCN(CCCC(C)(C)S)CC2)cc1. The molecule has 1 heterocycles. The first-order chi connectivity index (χ1) is 19.3. The molecule has 0 unspecified atom stereocenters. The van der Waals surface area contributed by atoms with Crippen LogP contribution in [0.3, 0.4) is 0 Å². The Kier molecular flexibility index (Phi) is 11.2. The lowest BCUT2D eigenvalue weighted by molar-refractivity contribution is -0.114. The molecule has 0 aliphatic carbocycles. The monoisotopic (exact) mass is 582 g/mol. The maximum atomic E-state index is 12.7. The molecule has 1 fully saturated rings. The van der Waals surface area contributed by atoms with Gasteiger partial charge in [0.15, 0.2) is 5.84 Å². The summed E-state index contributed by atoms with van der Waals surface area (Å²) in [4.78, 5) is 18.8. The Labute approximate surface area is 250 Å². The summed E-state index contributed by atoms with van der Waals surface area (Å²) in [5.74, 6) is -1.70. The van der Waals surface area contributed by atoms with Crippen molar-refractivity contribution in [2.45, 2.75) is 64.7 Å². The molecule has 1 aliphatic rings. The lowest BCUT2D eigenvalue weighted by Crippen LogP contribution is -2.46. The molecule has 2 aromatic rings.